The van der Waals surface area contributed by atoms with Crippen LogP contribution in [0.15, 0.2) is 18.5 Å². The highest BCUT2D eigenvalue weighted by Crippen LogP contribution is 2.31. The van der Waals surface area contributed by atoms with Crippen molar-refractivity contribution < 1.29 is 14.7 Å². The van der Waals surface area contributed by atoms with Crippen molar-refractivity contribution in [1.82, 2.24) is 30.5 Å². The first-order chi connectivity index (χ1) is 14.7. The highest BCUT2D eigenvalue weighted by atomic mass is 16.3. The van der Waals surface area contributed by atoms with Gasteiger partial charge in [-0.2, -0.15) is 5.10 Å². The Kier molecular flexibility index (Phi) is 6.47. The number of carboxylic acid groups (broad SMARTS) is 1. The summed E-state index contributed by atoms with van der Waals surface area (Å²) in [6.07, 6.45) is 6.42. The fourth-order valence-electron chi connectivity index (χ4n) is 3.56. The fraction of sp³-hybridized carbons (Fsp3) is 0.429. The van der Waals surface area contributed by atoms with E-state index in [2.05, 4.69) is 20.5 Å². The van der Waals surface area contributed by atoms with Crippen LogP contribution >= 0.6 is 0 Å². The van der Waals surface area contributed by atoms with Crippen LogP contribution in [0.1, 0.15) is 38.4 Å². The topological polar surface area (TPSA) is 137 Å². The van der Waals surface area contributed by atoms with Crippen molar-refractivity contribution in [1.29, 1.82) is 0 Å². The molecule has 0 fully saturated rings. The molecule has 0 radical (unpaired) electrons. The van der Waals surface area contributed by atoms with Crippen LogP contribution in [0, 0.1) is 0 Å². The van der Waals surface area contributed by atoms with Gasteiger partial charge in [-0.3, -0.25) is 19.7 Å². The predicted molar refractivity (Wildman–Crippen MR) is 117 cm³/mol. The second-order valence-corrected chi connectivity index (χ2v) is 8.44. The van der Waals surface area contributed by atoms with E-state index >= 15 is 0 Å². The molecule has 3 N–H and O–H groups in total. The molecule has 0 aromatic carbocycles. The van der Waals surface area contributed by atoms with Crippen molar-refractivity contribution in [2.24, 2.45) is 0 Å². The third-order valence-electron chi connectivity index (χ3n) is 4.72. The molecule has 1 aliphatic rings. The van der Waals surface area contributed by atoms with Crippen LogP contribution in [-0.2, 0) is 22.4 Å². The van der Waals surface area contributed by atoms with Crippen molar-refractivity contribution in [3.05, 3.63) is 29.7 Å². The minimum absolute atomic E-state index is 0.0279. The molecular weight excluding hydrogens is 398 g/mol. The van der Waals surface area contributed by atoms with Gasteiger partial charge in [0.1, 0.15) is 11.5 Å². The van der Waals surface area contributed by atoms with Crippen molar-refractivity contribution in [2.75, 3.05) is 18.5 Å². The third kappa shape index (κ3) is 5.33. The van der Waals surface area contributed by atoms with Crippen LogP contribution in [-0.4, -0.2) is 61.8 Å². The van der Waals surface area contributed by atoms with E-state index in [0.717, 1.165) is 47.2 Å². The average molecular weight is 425 g/mol. The second kappa shape index (κ2) is 9.07. The summed E-state index contributed by atoms with van der Waals surface area (Å²) in [4.78, 5) is 36.7. The van der Waals surface area contributed by atoms with Crippen molar-refractivity contribution in [2.45, 2.75) is 45.6 Å². The molecule has 164 valence electrons. The molecule has 31 heavy (non-hydrogen) atoms. The molecule has 0 aliphatic heterocycles. The van der Waals surface area contributed by atoms with Gasteiger partial charge in [0.15, 0.2) is 5.82 Å². The summed E-state index contributed by atoms with van der Waals surface area (Å²) in [6, 6.07) is 1.94. The van der Waals surface area contributed by atoms with Gasteiger partial charge >= 0.3 is 0 Å². The van der Waals surface area contributed by atoms with Crippen LogP contribution in [0.25, 0.3) is 22.4 Å². The summed E-state index contributed by atoms with van der Waals surface area (Å²) >= 11 is 0. The number of rotatable bonds is 4. The number of fused-ring (bicyclic) bond motifs is 2. The van der Waals surface area contributed by atoms with Crippen LogP contribution in [0.3, 0.4) is 0 Å². The number of hydrogen-bond acceptors (Lipinski definition) is 7. The molecule has 0 saturated heterocycles. The first kappa shape index (κ1) is 22.1. The minimum atomic E-state index is -0.263. The number of carbonyl (C=O) groups is 2. The van der Waals surface area contributed by atoms with Crippen molar-refractivity contribution in [3.8, 4) is 11.5 Å². The summed E-state index contributed by atoms with van der Waals surface area (Å²) < 4.78 is 0. The monoisotopic (exact) mass is 425 g/mol. The van der Waals surface area contributed by atoms with Gasteiger partial charge in [0.2, 0.25) is 5.91 Å². The number of hydrogen-bond donors (Lipinski definition) is 3. The maximum Gasteiger partial charge on any atom is 0.290 e. The van der Waals surface area contributed by atoms with Gasteiger partial charge in [-0.05, 0) is 46.1 Å². The number of aromatic amines is 1. The highest BCUT2D eigenvalue weighted by molar-refractivity contribution is 5.82. The lowest BCUT2D eigenvalue weighted by Gasteiger charge is -2.25. The average Bonchev–Trinajstić information content (AvgIpc) is 3.34. The Balaban J connectivity index is 0.000000858. The van der Waals surface area contributed by atoms with E-state index in [-0.39, 0.29) is 24.5 Å². The van der Waals surface area contributed by atoms with E-state index in [1.807, 2.05) is 38.8 Å². The normalized spacial score (nSPS) is 12.6. The van der Waals surface area contributed by atoms with Crippen LogP contribution < -0.4 is 10.2 Å². The van der Waals surface area contributed by atoms with Gasteiger partial charge in [-0.1, -0.05) is 0 Å². The predicted octanol–water partition coefficient (Wildman–Crippen LogP) is 1.96. The molecule has 0 unspecified atom stereocenters. The molecule has 0 bridgehead atoms. The largest absolute Gasteiger partial charge is 0.483 e. The minimum Gasteiger partial charge on any atom is -0.483 e. The molecule has 0 atom stereocenters. The summed E-state index contributed by atoms with van der Waals surface area (Å²) in [5, 5.41) is 17.8. The molecule has 3 aromatic heterocycles. The molecule has 10 heteroatoms. The summed E-state index contributed by atoms with van der Waals surface area (Å²) in [6.45, 7) is 5.92. The maximum absolute atomic E-state index is 12.4. The smallest absolute Gasteiger partial charge is 0.290 e. The lowest BCUT2D eigenvalue weighted by atomic mass is 10.1. The van der Waals surface area contributed by atoms with Crippen molar-refractivity contribution in [3.63, 3.8) is 0 Å². The molecule has 0 saturated carbocycles. The molecule has 1 aliphatic carbocycles. The van der Waals surface area contributed by atoms with E-state index in [4.69, 9.17) is 19.9 Å². The number of amides is 1. The Morgan fingerprint density at radius 3 is 2.74 bits per heavy atom. The van der Waals surface area contributed by atoms with Gasteiger partial charge in [0.05, 0.1) is 24.5 Å². The quantitative estimate of drug-likeness (QED) is 0.540. The van der Waals surface area contributed by atoms with E-state index in [1.54, 1.807) is 12.4 Å². The summed E-state index contributed by atoms with van der Waals surface area (Å²) in [5.74, 6) is 1.37. The number of H-pyrrole nitrogens is 1. The molecule has 3 aromatic rings. The Bertz CT molecular complexity index is 1090. The van der Waals surface area contributed by atoms with Gasteiger partial charge in [-0.25, -0.2) is 9.97 Å². The zero-order valence-electron chi connectivity index (χ0n) is 18.1. The van der Waals surface area contributed by atoms with Gasteiger partial charge in [0.25, 0.3) is 6.47 Å². The van der Waals surface area contributed by atoms with Crippen LogP contribution in [0.2, 0.25) is 0 Å². The lowest BCUT2D eigenvalue weighted by Crippen LogP contribution is -2.45. The van der Waals surface area contributed by atoms with Gasteiger partial charge < -0.3 is 15.3 Å². The third-order valence-corrected chi connectivity index (χ3v) is 4.72. The molecule has 3 heterocycles. The molecule has 10 nitrogen and oxygen atoms in total. The summed E-state index contributed by atoms with van der Waals surface area (Å²) in [5.41, 5.74) is 3.51. The Hall–Kier alpha value is -3.56. The number of likely N-dealkylation sites (N-methyl/N-ethyl adjacent to an activating group) is 1. The molecular formula is C21H27N7O3. The van der Waals surface area contributed by atoms with E-state index in [1.165, 1.54) is 0 Å². The maximum atomic E-state index is 12.4. The first-order valence-corrected chi connectivity index (χ1v) is 10.0. The van der Waals surface area contributed by atoms with Gasteiger partial charge in [0, 0.05) is 29.2 Å². The number of aryl methyl sites for hydroxylation is 1. The molecule has 4 rings (SSSR count). The van der Waals surface area contributed by atoms with E-state index < -0.39 is 0 Å². The second-order valence-electron chi connectivity index (χ2n) is 8.44. The highest BCUT2D eigenvalue weighted by Gasteiger charge is 2.24. The van der Waals surface area contributed by atoms with Crippen LogP contribution in [0.4, 0.5) is 5.82 Å². The van der Waals surface area contributed by atoms with Gasteiger partial charge in [-0.15, -0.1) is 0 Å². The Morgan fingerprint density at radius 1 is 1.29 bits per heavy atom. The number of nitrogens with zero attached hydrogens (tertiary/aromatic N) is 5. The zero-order chi connectivity index (χ0) is 22.6. The van der Waals surface area contributed by atoms with E-state index in [0.29, 0.717) is 11.5 Å². The lowest BCUT2D eigenvalue weighted by molar-refractivity contribution is -0.123. The SMILES string of the molecule is CN(CC(=O)NC(C)(C)C)c1nc(-c2cc3cn[nH]c3cn2)nc2c1CCC2.O=CO. The molecule has 1 amide bonds. The number of aromatic nitrogens is 5. The Morgan fingerprint density at radius 2 is 2.03 bits per heavy atom. The van der Waals surface area contributed by atoms with Crippen LogP contribution in [0.5, 0.6) is 0 Å². The van der Waals surface area contributed by atoms with E-state index in [9.17, 15) is 4.79 Å². The fourth-order valence-corrected chi connectivity index (χ4v) is 3.56. The number of anilines is 1. The first-order valence-electron chi connectivity index (χ1n) is 10.0. The Labute approximate surface area is 180 Å². The van der Waals surface area contributed by atoms with Crippen molar-refractivity contribution >= 4 is 29.1 Å². The standard InChI is InChI=1S/C20H25N7O.CH2O2/c1-20(2,3)25-17(28)11-27(4)19-13-6-5-7-14(13)23-18(24-19)15-8-12-9-22-26-16(12)10-21-15;2-1-3/h8-10H,5-7,11H2,1-4H3,(H,22,26)(H,25,28);1H,(H,2,3). The summed E-state index contributed by atoms with van der Waals surface area (Å²) in [7, 11) is 1.90. The number of nitrogens with one attached hydrogen (secondary N) is 2. The zero-order valence-corrected chi connectivity index (χ0v) is 18.1. The number of carbonyl (C=O) groups excluding carboxylic acids is 1. The number of pyridine rings is 1. The molecule has 0 spiro atoms.